The van der Waals surface area contributed by atoms with Crippen LogP contribution < -0.4 is 20.9 Å². The van der Waals surface area contributed by atoms with E-state index in [1.165, 1.54) is 7.11 Å². The third-order valence-electron chi connectivity index (χ3n) is 5.42. The van der Waals surface area contributed by atoms with E-state index in [0.29, 0.717) is 11.3 Å². The molecule has 5 heteroatoms. The monoisotopic (exact) mass is 395 g/mol. The van der Waals surface area contributed by atoms with Crippen molar-refractivity contribution in [3.63, 3.8) is 0 Å². The van der Waals surface area contributed by atoms with Crippen LogP contribution in [-0.2, 0) is 0 Å². The number of fused-ring (bicyclic) bond motifs is 2. The molecule has 0 radical (unpaired) electrons. The molecule has 5 nitrogen and oxygen atoms in total. The van der Waals surface area contributed by atoms with Crippen LogP contribution in [0.15, 0.2) is 82.4 Å². The van der Waals surface area contributed by atoms with Crippen LogP contribution in [0.3, 0.4) is 0 Å². The standard InChI is InChI=1S/C25H17NO4/c1-30-25-22(23(28)24(25)29)26-18-12-10-14-6-2-4-8-16(14)20(18)21-17-9-5-3-7-15(17)11-13-19(21)27/h2-13,26-27H,1H3. The Morgan fingerprint density at radius 2 is 1.33 bits per heavy atom. The number of phenols is 1. The molecular formula is C25H17NO4. The SMILES string of the molecule is COc1c(Nc2ccc3ccccc3c2-c2c(O)ccc3ccccc23)c(=O)c1=O. The van der Waals surface area contributed by atoms with Crippen LogP contribution in [0, 0.1) is 0 Å². The Bertz CT molecular complexity index is 1510. The van der Waals surface area contributed by atoms with Crippen LogP contribution in [0.4, 0.5) is 11.4 Å². The molecule has 5 rings (SSSR count). The second kappa shape index (κ2) is 6.74. The minimum absolute atomic E-state index is 0.0150. The average Bonchev–Trinajstić information content (AvgIpc) is 2.78. The van der Waals surface area contributed by atoms with Crippen LogP contribution in [0.1, 0.15) is 0 Å². The topological polar surface area (TPSA) is 75.6 Å². The van der Waals surface area contributed by atoms with Gasteiger partial charge < -0.3 is 15.2 Å². The van der Waals surface area contributed by atoms with E-state index >= 15 is 0 Å². The van der Waals surface area contributed by atoms with Crippen LogP contribution in [0.2, 0.25) is 0 Å². The van der Waals surface area contributed by atoms with Gasteiger partial charge in [0.1, 0.15) is 11.4 Å². The first-order valence-electron chi connectivity index (χ1n) is 9.47. The van der Waals surface area contributed by atoms with E-state index in [9.17, 15) is 14.7 Å². The summed E-state index contributed by atoms with van der Waals surface area (Å²) in [5, 5.41) is 17.7. The van der Waals surface area contributed by atoms with Crippen molar-refractivity contribution >= 4 is 32.9 Å². The highest BCUT2D eigenvalue weighted by Crippen LogP contribution is 2.44. The molecule has 0 atom stereocenters. The first kappa shape index (κ1) is 17.9. The molecule has 0 bridgehead atoms. The summed E-state index contributed by atoms with van der Waals surface area (Å²) >= 11 is 0. The maximum Gasteiger partial charge on any atom is 0.272 e. The van der Waals surface area contributed by atoms with Crippen molar-refractivity contribution in [3.8, 4) is 22.6 Å². The number of hydrogen-bond acceptors (Lipinski definition) is 5. The molecule has 0 spiro atoms. The third kappa shape index (κ3) is 2.56. The van der Waals surface area contributed by atoms with E-state index in [1.54, 1.807) is 6.07 Å². The number of nitrogens with one attached hydrogen (secondary N) is 1. The van der Waals surface area contributed by atoms with Gasteiger partial charge in [-0.2, -0.15) is 0 Å². The van der Waals surface area contributed by atoms with Crippen LogP contribution in [0.5, 0.6) is 11.5 Å². The Kier molecular flexibility index (Phi) is 4.03. The Morgan fingerprint density at radius 1 is 0.733 bits per heavy atom. The Morgan fingerprint density at radius 3 is 2.00 bits per heavy atom. The minimum atomic E-state index is -0.643. The maximum atomic E-state index is 12.1. The number of phenolic OH excluding ortho intramolecular Hbond substituents is 1. The van der Waals surface area contributed by atoms with Gasteiger partial charge in [-0.05, 0) is 33.7 Å². The summed E-state index contributed by atoms with van der Waals surface area (Å²) < 4.78 is 5.08. The summed E-state index contributed by atoms with van der Waals surface area (Å²) in [7, 11) is 1.36. The third-order valence-corrected chi connectivity index (χ3v) is 5.42. The highest BCUT2D eigenvalue weighted by atomic mass is 16.5. The molecule has 146 valence electrons. The normalized spacial score (nSPS) is 11.2. The van der Waals surface area contributed by atoms with Crippen molar-refractivity contribution in [1.82, 2.24) is 0 Å². The smallest absolute Gasteiger partial charge is 0.272 e. The zero-order valence-electron chi connectivity index (χ0n) is 16.1. The van der Waals surface area contributed by atoms with Crippen LogP contribution in [0.25, 0.3) is 32.7 Å². The Labute approximate surface area is 171 Å². The van der Waals surface area contributed by atoms with Gasteiger partial charge in [0.15, 0.2) is 5.75 Å². The molecule has 2 N–H and O–H groups in total. The molecule has 0 aromatic heterocycles. The number of hydrogen-bond donors (Lipinski definition) is 2. The fourth-order valence-electron chi connectivity index (χ4n) is 3.98. The fourth-order valence-corrected chi connectivity index (χ4v) is 3.98. The largest absolute Gasteiger partial charge is 0.507 e. The Hall–Kier alpha value is -4.12. The summed E-state index contributed by atoms with van der Waals surface area (Å²) in [5.41, 5.74) is 0.871. The van der Waals surface area contributed by atoms with Gasteiger partial charge in [0, 0.05) is 16.8 Å². The molecule has 5 aromatic rings. The molecule has 0 saturated carbocycles. The molecule has 0 aliphatic heterocycles. The Balaban J connectivity index is 1.85. The van der Waals surface area contributed by atoms with Gasteiger partial charge in [0.05, 0.1) is 7.11 Å². The molecule has 0 fully saturated rings. The second-order valence-corrected chi connectivity index (χ2v) is 7.08. The van der Waals surface area contributed by atoms with Gasteiger partial charge in [0.25, 0.3) is 10.9 Å². The van der Waals surface area contributed by atoms with Gasteiger partial charge in [-0.1, -0.05) is 60.7 Å². The predicted molar refractivity (Wildman–Crippen MR) is 120 cm³/mol. The number of anilines is 2. The zero-order valence-corrected chi connectivity index (χ0v) is 16.1. The average molecular weight is 395 g/mol. The van der Waals surface area contributed by atoms with E-state index in [4.69, 9.17) is 4.74 Å². The van der Waals surface area contributed by atoms with Gasteiger partial charge in [-0.15, -0.1) is 0 Å². The van der Waals surface area contributed by atoms with E-state index in [1.807, 2.05) is 66.7 Å². The number of rotatable bonds is 4. The molecule has 0 aliphatic rings. The van der Waals surface area contributed by atoms with Crippen molar-refractivity contribution in [1.29, 1.82) is 0 Å². The fraction of sp³-hybridized carbons (Fsp3) is 0.0400. The number of aromatic hydroxyl groups is 1. The van der Waals surface area contributed by atoms with E-state index in [0.717, 1.165) is 27.1 Å². The molecule has 30 heavy (non-hydrogen) atoms. The molecule has 0 saturated heterocycles. The lowest BCUT2D eigenvalue weighted by Crippen LogP contribution is -2.34. The van der Waals surface area contributed by atoms with E-state index in [2.05, 4.69) is 5.32 Å². The van der Waals surface area contributed by atoms with Gasteiger partial charge in [-0.3, -0.25) is 9.59 Å². The minimum Gasteiger partial charge on any atom is -0.507 e. The second-order valence-electron chi connectivity index (χ2n) is 7.08. The highest BCUT2D eigenvalue weighted by molar-refractivity contribution is 6.12. The first-order valence-corrected chi connectivity index (χ1v) is 9.47. The lowest BCUT2D eigenvalue weighted by molar-refractivity contribution is 0.408. The summed E-state index contributed by atoms with van der Waals surface area (Å²) in [6.45, 7) is 0. The lowest BCUT2D eigenvalue weighted by Gasteiger charge is -2.19. The summed E-state index contributed by atoms with van der Waals surface area (Å²) in [5.74, 6) is 0.145. The first-order chi connectivity index (χ1) is 14.6. The molecule has 5 aromatic carbocycles. The summed E-state index contributed by atoms with van der Waals surface area (Å²) in [4.78, 5) is 23.9. The molecule has 0 amide bonds. The summed E-state index contributed by atoms with van der Waals surface area (Å²) in [6, 6.07) is 22.9. The molecular weight excluding hydrogens is 378 g/mol. The quantitative estimate of drug-likeness (QED) is 0.431. The van der Waals surface area contributed by atoms with Crippen LogP contribution in [-0.4, -0.2) is 12.2 Å². The van der Waals surface area contributed by atoms with Crippen molar-refractivity contribution in [3.05, 3.63) is 93.2 Å². The van der Waals surface area contributed by atoms with Gasteiger partial charge in [0.2, 0.25) is 0 Å². The number of methoxy groups -OCH3 is 1. The zero-order chi connectivity index (χ0) is 20.8. The predicted octanol–water partition coefficient (Wildman–Crippen LogP) is 4.71. The van der Waals surface area contributed by atoms with Crippen molar-refractivity contribution in [2.75, 3.05) is 12.4 Å². The molecule has 0 heterocycles. The van der Waals surface area contributed by atoms with Gasteiger partial charge >= 0.3 is 0 Å². The van der Waals surface area contributed by atoms with E-state index in [-0.39, 0.29) is 17.2 Å². The number of benzene rings is 4. The molecule has 0 aliphatic carbocycles. The van der Waals surface area contributed by atoms with Crippen LogP contribution >= 0.6 is 0 Å². The van der Waals surface area contributed by atoms with Crippen molar-refractivity contribution < 1.29 is 9.84 Å². The van der Waals surface area contributed by atoms with Crippen molar-refractivity contribution in [2.45, 2.75) is 0 Å². The molecule has 0 unspecified atom stereocenters. The lowest BCUT2D eigenvalue weighted by atomic mass is 9.91. The summed E-state index contributed by atoms with van der Waals surface area (Å²) in [6.07, 6.45) is 0. The van der Waals surface area contributed by atoms with Crippen molar-refractivity contribution in [2.24, 2.45) is 0 Å². The highest BCUT2D eigenvalue weighted by Gasteiger charge is 2.24. The van der Waals surface area contributed by atoms with Gasteiger partial charge in [-0.25, -0.2) is 0 Å². The maximum absolute atomic E-state index is 12.1. The number of ether oxygens (including phenoxy) is 1. The van der Waals surface area contributed by atoms with E-state index < -0.39 is 10.9 Å².